The highest BCUT2D eigenvalue weighted by atomic mass is 79.9. The van der Waals surface area contributed by atoms with Gasteiger partial charge in [0.15, 0.2) is 0 Å². The van der Waals surface area contributed by atoms with Crippen LogP contribution < -0.4 is 4.72 Å². The van der Waals surface area contributed by atoms with E-state index in [0.29, 0.717) is 4.47 Å². The minimum Gasteiger partial charge on any atom is -0.379 e. The topological polar surface area (TPSA) is 71.5 Å². The third-order valence-electron chi connectivity index (χ3n) is 4.13. The smallest absolute Gasteiger partial charge is 0.243 e. The van der Waals surface area contributed by atoms with Crippen LogP contribution in [0.2, 0.25) is 5.15 Å². The predicted molar refractivity (Wildman–Crippen MR) is 104 cm³/mol. The number of benzene rings is 1. The molecule has 1 fully saturated rings. The Balaban J connectivity index is 1.74. The summed E-state index contributed by atoms with van der Waals surface area (Å²) in [6, 6.07) is 9.26. The summed E-state index contributed by atoms with van der Waals surface area (Å²) in [6.07, 6.45) is 1.46. The molecule has 0 saturated carbocycles. The zero-order valence-electron chi connectivity index (χ0n) is 14.0. The molecule has 1 aromatic carbocycles. The maximum atomic E-state index is 12.6. The van der Waals surface area contributed by atoms with Crippen molar-refractivity contribution < 1.29 is 13.2 Å². The summed E-state index contributed by atoms with van der Waals surface area (Å²) in [5, 5.41) is -0.0534. The van der Waals surface area contributed by atoms with E-state index in [-0.39, 0.29) is 16.6 Å². The molecule has 2 heterocycles. The first kappa shape index (κ1) is 19.7. The molecule has 2 aromatic rings. The van der Waals surface area contributed by atoms with Gasteiger partial charge in [0, 0.05) is 36.8 Å². The van der Waals surface area contributed by atoms with Gasteiger partial charge in [0.2, 0.25) is 10.0 Å². The second-order valence-electron chi connectivity index (χ2n) is 5.92. The molecular weight excluding hydrogens is 442 g/mol. The third-order valence-corrected chi connectivity index (χ3v) is 6.39. The van der Waals surface area contributed by atoms with Crippen LogP contribution in [-0.4, -0.2) is 44.6 Å². The van der Waals surface area contributed by atoms with Crippen molar-refractivity contribution in [3.63, 3.8) is 0 Å². The van der Waals surface area contributed by atoms with Gasteiger partial charge in [0.25, 0.3) is 0 Å². The van der Waals surface area contributed by atoms with Crippen molar-refractivity contribution in [2.24, 2.45) is 0 Å². The quantitative estimate of drug-likeness (QED) is 0.671. The van der Waals surface area contributed by atoms with Crippen molar-refractivity contribution >= 4 is 37.6 Å². The maximum Gasteiger partial charge on any atom is 0.243 e. The second-order valence-corrected chi connectivity index (χ2v) is 8.93. The van der Waals surface area contributed by atoms with Crippen LogP contribution in [-0.2, 0) is 27.8 Å². The molecule has 0 aliphatic carbocycles. The Morgan fingerprint density at radius 1 is 1.23 bits per heavy atom. The van der Waals surface area contributed by atoms with E-state index < -0.39 is 10.0 Å². The standard InChI is InChI=1S/C17H19BrClN3O3S/c18-15-9-16(17(19)20-11-15)26(23,24)21-10-13-3-1-2-4-14(13)12-22-5-7-25-8-6-22/h1-4,9,11,21H,5-8,10,12H2. The van der Waals surface area contributed by atoms with Crippen molar-refractivity contribution in [3.8, 4) is 0 Å². The van der Waals surface area contributed by atoms with Crippen LogP contribution in [0.15, 0.2) is 45.9 Å². The van der Waals surface area contributed by atoms with E-state index in [1.807, 2.05) is 24.3 Å². The van der Waals surface area contributed by atoms with Crippen LogP contribution >= 0.6 is 27.5 Å². The Labute approximate surface area is 166 Å². The number of nitrogens with zero attached hydrogens (tertiary/aromatic N) is 2. The number of pyridine rings is 1. The summed E-state index contributed by atoms with van der Waals surface area (Å²) in [5.41, 5.74) is 2.03. The van der Waals surface area contributed by atoms with Gasteiger partial charge in [-0.1, -0.05) is 35.9 Å². The van der Waals surface area contributed by atoms with Gasteiger partial charge in [-0.2, -0.15) is 0 Å². The minimum absolute atomic E-state index is 0.0424. The highest BCUT2D eigenvalue weighted by Gasteiger charge is 2.20. The van der Waals surface area contributed by atoms with Gasteiger partial charge in [-0.15, -0.1) is 0 Å². The lowest BCUT2D eigenvalue weighted by molar-refractivity contribution is 0.0341. The van der Waals surface area contributed by atoms with E-state index in [4.69, 9.17) is 16.3 Å². The number of aromatic nitrogens is 1. The van der Waals surface area contributed by atoms with Crippen molar-refractivity contribution in [1.82, 2.24) is 14.6 Å². The molecular formula is C17H19BrClN3O3S. The van der Waals surface area contributed by atoms with E-state index in [2.05, 4.69) is 30.5 Å². The van der Waals surface area contributed by atoms with Crippen LogP contribution in [0.1, 0.15) is 11.1 Å². The molecule has 1 aromatic heterocycles. The molecule has 0 amide bonds. The fourth-order valence-electron chi connectivity index (χ4n) is 2.73. The van der Waals surface area contributed by atoms with Crippen molar-refractivity contribution in [3.05, 3.63) is 57.3 Å². The third kappa shape index (κ3) is 5.03. The fourth-order valence-corrected chi connectivity index (χ4v) is 4.68. The molecule has 1 aliphatic rings. The summed E-state index contributed by atoms with van der Waals surface area (Å²) in [6.45, 7) is 4.15. The van der Waals surface area contributed by atoms with Crippen molar-refractivity contribution in [2.75, 3.05) is 26.3 Å². The summed E-state index contributed by atoms with van der Waals surface area (Å²) in [7, 11) is -3.77. The van der Waals surface area contributed by atoms with Crippen molar-refractivity contribution in [1.29, 1.82) is 0 Å². The number of morpholine rings is 1. The Kier molecular flexibility index (Phi) is 6.65. The minimum atomic E-state index is -3.77. The van der Waals surface area contributed by atoms with Crippen LogP contribution in [0.4, 0.5) is 0 Å². The van der Waals surface area contributed by atoms with E-state index in [9.17, 15) is 8.42 Å². The van der Waals surface area contributed by atoms with E-state index in [1.165, 1.54) is 12.3 Å². The number of ether oxygens (including phenoxy) is 1. The first-order valence-corrected chi connectivity index (χ1v) is 10.8. The summed E-state index contributed by atoms with van der Waals surface area (Å²) < 4.78 is 33.7. The highest BCUT2D eigenvalue weighted by molar-refractivity contribution is 9.10. The molecule has 1 saturated heterocycles. The van der Waals surface area contributed by atoms with Gasteiger partial charge >= 0.3 is 0 Å². The zero-order valence-corrected chi connectivity index (χ0v) is 17.1. The molecule has 9 heteroatoms. The number of hydrogen-bond donors (Lipinski definition) is 1. The van der Waals surface area contributed by atoms with Gasteiger partial charge in [0.05, 0.1) is 13.2 Å². The van der Waals surface area contributed by atoms with Crippen LogP contribution in [0.5, 0.6) is 0 Å². The average Bonchev–Trinajstić information content (AvgIpc) is 2.64. The predicted octanol–water partition coefficient (Wildman–Crippen LogP) is 2.81. The summed E-state index contributed by atoms with van der Waals surface area (Å²) in [4.78, 5) is 6.13. The molecule has 1 aliphatic heterocycles. The molecule has 0 radical (unpaired) electrons. The molecule has 0 atom stereocenters. The van der Waals surface area contributed by atoms with Gasteiger partial charge in [0.1, 0.15) is 10.0 Å². The normalized spacial score (nSPS) is 15.9. The number of sulfonamides is 1. The van der Waals surface area contributed by atoms with Gasteiger partial charge in [-0.25, -0.2) is 18.1 Å². The van der Waals surface area contributed by atoms with Crippen molar-refractivity contribution in [2.45, 2.75) is 18.0 Å². The second kappa shape index (κ2) is 8.77. The van der Waals surface area contributed by atoms with Gasteiger partial charge in [-0.3, -0.25) is 4.90 Å². The Bertz CT molecular complexity index is 873. The number of halogens is 2. The molecule has 0 spiro atoms. The number of nitrogens with one attached hydrogen (secondary N) is 1. The molecule has 140 valence electrons. The molecule has 6 nitrogen and oxygen atoms in total. The summed E-state index contributed by atoms with van der Waals surface area (Å²) >= 11 is 9.18. The van der Waals surface area contributed by atoms with Crippen LogP contribution in [0.3, 0.4) is 0 Å². The molecule has 0 unspecified atom stereocenters. The SMILES string of the molecule is O=S(=O)(NCc1ccccc1CN1CCOCC1)c1cc(Br)cnc1Cl. The lowest BCUT2D eigenvalue weighted by atomic mass is 10.1. The Morgan fingerprint density at radius 3 is 2.65 bits per heavy atom. The fraction of sp³-hybridized carbons (Fsp3) is 0.353. The first-order chi connectivity index (χ1) is 12.5. The maximum absolute atomic E-state index is 12.6. The lowest BCUT2D eigenvalue weighted by Gasteiger charge is -2.27. The van der Waals surface area contributed by atoms with Gasteiger partial charge < -0.3 is 4.74 Å². The number of rotatable bonds is 6. The molecule has 26 heavy (non-hydrogen) atoms. The van der Waals surface area contributed by atoms with Gasteiger partial charge in [-0.05, 0) is 33.1 Å². The zero-order chi connectivity index (χ0) is 18.6. The Morgan fingerprint density at radius 2 is 1.92 bits per heavy atom. The summed E-state index contributed by atoms with van der Waals surface area (Å²) in [5.74, 6) is 0. The molecule has 0 bridgehead atoms. The monoisotopic (exact) mass is 459 g/mol. The lowest BCUT2D eigenvalue weighted by Crippen LogP contribution is -2.36. The Hall–Kier alpha value is -1.03. The van der Waals surface area contributed by atoms with Crippen LogP contribution in [0, 0.1) is 0 Å². The van der Waals surface area contributed by atoms with E-state index in [0.717, 1.165) is 44.0 Å². The molecule has 3 rings (SSSR count). The first-order valence-electron chi connectivity index (χ1n) is 8.13. The highest BCUT2D eigenvalue weighted by Crippen LogP contribution is 2.23. The molecule has 1 N–H and O–H groups in total. The van der Waals surface area contributed by atoms with Crippen LogP contribution in [0.25, 0.3) is 0 Å². The largest absolute Gasteiger partial charge is 0.379 e. The number of hydrogen-bond acceptors (Lipinski definition) is 5. The average molecular weight is 461 g/mol. The van der Waals surface area contributed by atoms with E-state index in [1.54, 1.807) is 0 Å². The van der Waals surface area contributed by atoms with E-state index >= 15 is 0 Å².